The molecule has 0 amide bonds. The van der Waals surface area contributed by atoms with Gasteiger partial charge in [0.05, 0.1) is 11.6 Å². The van der Waals surface area contributed by atoms with Crippen LogP contribution in [0.2, 0.25) is 0 Å². The van der Waals surface area contributed by atoms with Crippen LogP contribution in [0.4, 0.5) is 0 Å². The first-order valence-corrected chi connectivity index (χ1v) is 8.95. The van der Waals surface area contributed by atoms with Crippen molar-refractivity contribution in [1.82, 2.24) is 9.80 Å². The van der Waals surface area contributed by atoms with Crippen LogP contribution in [0.3, 0.4) is 0 Å². The molecule has 1 saturated heterocycles. The average Bonchev–Trinajstić information content (AvgIpc) is 2.89. The van der Waals surface area contributed by atoms with E-state index in [4.69, 9.17) is 10.00 Å². The predicted molar refractivity (Wildman–Crippen MR) is 99.4 cm³/mol. The third kappa shape index (κ3) is 5.60. The van der Waals surface area contributed by atoms with Crippen molar-refractivity contribution in [2.75, 3.05) is 39.3 Å². The van der Waals surface area contributed by atoms with Gasteiger partial charge in [-0.05, 0) is 49.3 Å². The molecule has 0 N–H and O–H groups in total. The molecular weight excluding hydrogens is 310 g/mol. The van der Waals surface area contributed by atoms with Crippen molar-refractivity contribution < 1.29 is 4.74 Å². The fourth-order valence-electron chi connectivity index (χ4n) is 3.16. The van der Waals surface area contributed by atoms with E-state index in [9.17, 15) is 0 Å². The van der Waals surface area contributed by atoms with Crippen molar-refractivity contribution in [3.8, 4) is 11.8 Å². The molecule has 0 spiro atoms. The maximum atomic E-state index is 8.88. The summed E-state index contributed by atoms with van der Waals surface area (Å²) in [5, 5.41) is 8.88. The Labute approximate surface area is 150 Å². The molecule has 130 valence electrons. The third-order valence-electron chi connectivity index (χ3n) is 4.59. The molecule has 0 bridgehead atoms. The molecule has 1 aliphatic heterocycles. The molecular formula is C21H25N3O. The number of rotatable bonds is 6. The van der Waals surface area contributed by atoms with Crippen molar-refractivity contribution in [2.24, 2.45) is 0 Å². The number of hydrogen-bond donors (Lipinski definition) is 0. The molecule has 2 aromatic rings. The summed E-state index contributed by atoms with van der Waals surface area (Å²) in [7, 11) is 0. The molecule has 25 heavy (non-hydrogen) atoms. The summed E-state index contributed by atoms with van der Waals surface area (Å²) in [5.74, 6) is 0.944. The van der Waals surface area contributed by atoms with Gasteiger partial charge in [0.1, 0.15) is 12.4 Å². The van der Waals surface area contributed by atoms with Crippen molar-refractivity contribution in [3.05, 3.63) is 65.7 Å². The molecule has 4 nitrogen and oxygen atoms in total. The molecule has 0 atom stereocenters. The Bertz CT molecular complexity index is 679. The van der Waals surface area contributed by atoms with Crippen LogP contribution in [0.15, 0.2) is 54.6 Å². The van der Waals surface area contributed by atoms with E-state index in [1.807, 2.05) is 42.5 Å². The average molecular weight is 335 g/mol. The summed E-state index contributed by atoms with van der Waals surface area (Å²) < 4.78 is 5.81. The molecule has 0 aliphatic carbocycles. The van der Waals surface area contributed by atoms with Gasteiger partial charge in [-0.2, -0.15) is 5.26 Å². The highest BCUT2D eigenvalue weighted by atomic mass is 16.5. The predicted octanol–water partition coefficient (Wildman–Crippen LogP) is 3.14. The van der Waals surface area contributed by atoms with Crippen LogP contribution in [0.25, 0.3) is 0 Å². The SMILES string of the molecule is N#Cc1ccc(CN2CCCN(CCOc3ccccc3)CC2)cc1. The van der Waals surface area contributed by atoms with Gasteiger partial charge in [-0.15, -0.1) is 0 Å². The lowest BCUT2D eigenvalue weighted by atomic mass is 10.1. The second-order valence-corrected chi connectivity index (χ2v) is 6.44. The fourth-order valence-corrected chi connectivity index (χ4v) is 3.16. The lowest BCUT2D eigenvalue weighted by molar-refractivity contribution is 0.207. The normalized spacial score (nSPS) is 16.1. The van der Waals surface area contributed by atoms with Crippen molar-refractivity contribution in [1.29, 1.82) is 5.26 Å². The van der Waals surface area contributed by atoms with Crippen LogP contribution in [0.1, 0.15) is 17.5 Å². The molecule has 0 unspecified atom stereocenters. The lowest BCUT2D eigenvalue weighted by Crippen LogP contribution is -2.33. The second kappa shape index (κ2) is 9.22. The highest BCUT2D eigenvalue weighted by Crippen LogP contribution is 2.11. The molecule has 0 aromatic heterocycles. The quantitative estimate of drug-likeness (QED) is 0.813. The first-order chi connectivity index (χ1) is 12.3. The van der Waals surface area contributed by atoms with Gasteiger partial charge < -0.3 is 4.74 Å². The maximum Gasteiger partial charge on any atom is 0.119 e. The Morgan fingerprint density at radius 2 is 1.60 bits per heavy atom. The van der Waals surface area contributed by atoms with E-state index in [1.54, 1.807) is 0 Å². The number of benzene rings is 2. The van der Waals surface area contributed by atoms with Gasteiger partial charge in [0.15, 0.2) is 0 Å². The lowest BCUT2D eigenvalue weighted by Gasteiger charge is -2.22. The number of nitrogens with zero attached hydrogens (tertiary/aromatic N) is 3. The van der Waals surface area contributed by atoms with Crippen LogP contribution >= 0.6 is 0 Å². The minimum Gasteiger partial charge on any atom is -0.492 e. The van der Waals surface area contributed by atoms with Gasteiger partial charge in [-0.25, -0.2) is 0 Å². The fraction of sp³-hybridized carbons (Fsp3) is 0.381. The van der Waals surface area contributed by atoms with E-state index >= 15 is 0 Å². The second-order valence-electron chi connectivity index (χ2n) is 6.44. The Morgan fingerprint density at radius 1 is 0.880 bits per heavy atom. The van der Waals surface area contributed by atoms with Gasteiger partial charge >= 0.3 is 0 Å². The number of para-hydroxylation sites is 1. The molecule has 0 saturated carbocycles. The Kier molecular flexibility index (Phi) is 6.44. The first kappa shape index (κ1) is 17.5. The molecule has 4 heteroatoms. The zero-order chi connectivity index (χ0) is 17.3. The Balaban J connectivity index is 1.41. The van der Waals surface area contributed by atoms with E-state index in [1.165, 1.54) is 12.0 Å². The van der Waals surface area contributed by atoms with Crippen molar-refractivity contribution >= 4 is 0 Å². The number of hydrogen-bond acceptors (Lipinski definition) is 4. The number of ether oxygens (including phenoxy) is 1. The van der Waals surface area contributed by atoms with Crippen LogP contribution in [0.5, 0.6) is 5.75 Å². The van der Waals surface area contributed by atoms with E-state index in [0.29, 0.717) is 0 Å². The Hall–Kier alpha value is -2.35. The standard InChI is InChI=1S/C21H25N3O/c22-17-19-7-9-20(10-8-19)18-24-12-4-11-23(13-14-24)15-16-25-21-5-2-1-3-6-21/h1-3,5-10H,4,11-16,18H2. The van der Waals surface area contributed by atoms with Gasteiger partial charge in [0.2, 0.25) is 0 Å². The van der Waals surface area contributed by atoms with Gasteiger partial charge in [0.25, 0.3) is 0 Å². The third-order valence-corrected chi connectivity index (χ3v) is 4.59. The van der Waals surface area contributed by atoms with Crippen molar-refractivity contribution in [3.63, 3.8) is 0 Å². The van der Waals surface area contributed by atoms with Gasteiger partial charge in [-0.1, -0.05) is 30.3 Å². The smallest absolute Gasteiger partial charge is 0.119 e. The van der Waals surface area contributed by atoms with Gasteiger partial charge in [0, 0.05) is 26.2 Å². The van der Waals surface area contributed by atoms with Crippen LogP contribution in [-0.4, -0.2) is 49.1 Å². The van der Waals surface area contributed by atoms with Gasteiger partial charge in [-0.3, -0.25) is 9.80 Å². The zero-order valence-electron chi connectivity index (χ0n) is 14.6. The molecule has 2 aromatic carbocycles. The van der Waals surface area contributed by atoms with Crippen LogP contribution in [-0.2, 0) is 6.54 Å². The first-order valence-electron chi connectivity index (χ1n) is 8.95. The molecule has 1 heterocycles. The maximum absolute atomic E-state index is 8.88. The monoisotopic (exact) mass is 335 g/mol. The largest absolute Gasteiger partial charge is 0.492 e. The summed E-state index contributed by atoms with van der Waals surface area (Å²) in [4.78, 5) is 4.99. The zero-order valence-corrected chi connectivity index (χ0v) is 14.6. The minimum absolute atomic E-state index is 0.726. The summed E-state index contributed by atoms with van der Waals surface area (Å²) in [5.41, 5.74) is 2.00. The van der Waals surface area contributed by atoms with E-state index < -0.39 is 0 Å². The summed E-state index contributed by atoms with van der Waals surface area (Å²) in [6.45, 7) is 7.07. The molecule has 1 fully saturated rings. The molecule has 3 rings (SSSR count). The summed E-state index contributed by atoms with van der Waals surface area (Å²) >= 11 is 0. The highest BCUT2D eigenvalue weighted by molar-refractivity contribution is 5.31. The highest BCUT2D eigenvalue weighted by Gasteiger charge is 2.15. The van der Waals surface area contributed by atoms with E-state index in [2.05, 4.69) is 28.0 Å². The van der Waals surface area contributed by atoms with Crippen molar-refractivity contribution in [2.45, 2.75) is 13.0 Å². The van der Waals surface area contributed by atoms with E-state index in [0.717, 1.165) is 57.2 Å². The van der Waals surface area contributed by atoms with Crippen LogP contribution in [0, 0.1) is 11.3 Å². The minimum atomic E-state index is 0.726. The van der Waals surface area contributed by atoms with Crippen LogP contribution < -0.4 is 4.74 Å². The molecule has 1 aliphatic rings. The van der Waals surface area contributed by atoms with E-state index in [-0.39, 0.29) is 0 Å². The Morgan fingerprint density at radius 3 is 2.36 bits per heavy atom. The topological polar surface area (TPSA) is 39.5 Å². The summed E-state index contributed by atoms with van der Waals surface area (Å²) in [6, 6.07) is 20.1. The summed E-state index contributed by atoms with van der Waals surface area (Å²) in [6.07, 6.45) is 1.18. The number of nitriles is 1. The molecule has 0 radical (unpaired) electrons.